The summed E-state index contributed by atoms with van der Waals surface area (Å²) in [5.41, 5.74) is 0. The summed E-state index contributed by atoms with van der Waals surface area (Å²) in [4.78, 5) is 0.000756. The van der Waals surface area contributed by atoms with E-state index in [1.807, 2.05) is 0 Å². The van der Waals surface area contributed by atoms with Crippen LogP contribution in [0.3, 0.4) is 0 Å². The first kappa shape index (κ1) is 12.9. The number of rotatable bonds is 4. The van der Waals surface area contributed by atoms with E-state index in [9.17, 15) is 8.42 Å². The molecule has 0 saturated carbocycles. The molecule has 1 aromatic rings. The van der Waals surface area contributed by atoms with E-state index in [1.54, 1.807) is 6.07 Å². The summed E-state index contributed by atoms with van der Waals surface area (Å²) in [6.45, 7) is -0.290. The van der Waals surface area contributed by atoms with Crippen LogP contribution in [0.2, 0.25) is 5.02 Å². The fraction of sp³-hybridized carbons (Fsp3) is 0.250. The van der Waals surface area contributed by atoms with Crippen molar-refractivity contribution in [2.24, 2.45) is 0 Å². The zero-order valence-corrected chi connectivity index (χ0v) is 10.7. The van der Waals surface area contributed by atoms with Crippen molar-refractivity contribution in [1.29, 1.82) is 0 Å². The van der Waals surface area contributed by atoms with Crippen LogP contribution >= 0.6 is 27.5 Å². The molecule has 0 atom stereocenters. The van der Waals surface area contributed by atoms with Gasteiger partial charge in [-0.1, -0.05) is 27.5 Å². The lowest BCUT2D eigenvalue weighted by atomic mass is 10.4. The number of hydrogen-bond acceptors (Lipinski definition) is 3. The average molecular weight is 315 g/mol. The van der Waals surface area contributed by atoms with Crippen LogP contribution in [0, 0.1) is 0 Å². The third-order valence-corrected chi connectivity index (χ3v) is 4.02. The summed E-state index contributed by atoms with van der Waals surface area (Å²) in [6.07, 6.45) is 0. The van der Waals surface area contributed by atoms with Crippen LogP contribution in [0.1, 0.15) is 0 Å². The number of hydrogen-bond donors (Lipinski definition) is 2. The molecule has 15 heavy (non-hydrogen) atoms. The maximum atomic E-state index is 11.6. The molecule has 1 rings (SSSR count). The lowest BCUT2D eigenvalue weighted by Crippen LogP contribution is -2.26. The first-order valence-electron chi connectivity index (χ1n) is 4.03. The van der Waals surface area contributed by atoms with Gasteiger partial charge < -0.3 is 5.11 Å². The van der Waals surface area contributed by atoms with Gasteiger partial charge in [-0.25, -0.2) is 13.1 Å². The van der Waals surface area contributed by atoms with E-state index in [4.69, 9.17) is 16.7 Å². The van der Waals surface area contributed by atoms with Gasteiger partial charge in [-0.3, -0.25) is 0 Å². The zero-order chi connectivity index (χ0) is 11.5. The molecular formula is C8H9BrClNO3S. The number of benzene rings is 1. The highest BCUT2D eigenvalue weighted by Gasteiger charge is 2.16. The summed E-state index contributed by atoms with van der Waals surface area (Å²) < 4.78 is 26.1. The van der Waals surface area contributed by atoms with Gasteiger partial charge in [-0.2, -0.15) is 0 Å². The summed E-state index contributed by atoms with van der Waals surface area (Å²) in [5.74, 6) is 0. The topological polar surface area (TPSA) is 66.4 Å². The molecular weight excluding hydrogens is 306 g/mol. The second-order valence-electron chi connectivity index (χ2n) is 2.70. The summed E-state index contributed by atoms with van der Waals surface area (Å²) in [7, 11) is -3.63. The Morgan fingerprint density at radius 2 is 2.13 bits per heavy atom. The van der Waals surface area contributed by atoms with Crippen LogP contribution in [-0.4, -0.2) is 26.7 Å². The van der Waals surface area contributed by atoms with Crippen LogP contribution < -0.4 is 4.72 Å². The maximum Gasteiger partial charge on any atom is 0.242 e. The molecule has 0 radical (unpaired) electrons. The van der Waals surface area contributed by atoms with Gasteiger partial charge in [0.05, 0.1) is 11.6 Å². The fourth-order valence-electron chi connectivity index (χ4n) is 0.951. The van der Waals surface area contributed by atoms with E-state index in [0.29, 0.717) is 4.47 Å². The number of nitrogens with one attached hydrogen (secondary N) is 1. The Bertz CT molecular complexity index is 449. The molecule has 2 N–H and O–H groups in total. The first-order chi connectivity index (χ1) is 6.97. The Morgan fingerprint density at radius 1 is 1.47 bits per heavy atom. The van der Waals surface area contributed by atoms with Crippen molar-refractivity contribution in [3.05, 3.63) is 27.7 Å². The van der Waals surface area contributed by atoms with Crippen LogP contribution in [-0.2, 0) is 10.0 Å². The molecule has 84 valence electrons. The molecule has 0 amide bonds. The summed E-state index contributed by atoms with van der Waals surface area (Å²) in [6, 6.07) is 4.47. The molecule has 0 heterocycles. The van der Waals surface area contributed by atoms with Crippen LogP contribution in [0.5, 0.6) is 0 Å². The van der Waals surface area contributed by atoms with Crippen molar-refractivity contribution >= 4 is 37.6 Å². The second kappa shape index (κ2) is 5.27. The molecule has 0 saturated heterocycles. The van der Waals surface area contributed by atoms with Crippen LogP contribution in [0.4, 0.5) is 0 Å². The fourth-order valence-corrected chi connectivity index (χ4v) is 3.01. The lowest BCUT2D eigenvalue weighted by Gasteiger charge is -2.07. The first-order valence-corrected chi connectivity index (χ1v) is 6.68. The third kappa shape index (κ3) is 3.42. The molecule has 0 aliphatic rings. The monoisotopic (exact) mass is 313 g/mol. The maximum absolute atomic E-state index is 11.6. The number of aliphatic hydroxyl groups is 1. The Morgan fingerprint density at radius 3 is 2.67 bits per heavy atom. The average Bonchev–Trinajstić information content (AvgIpc) is 2.14. The lowest BCUT2D eigenvalue weighted by molar-refractivity contribution is 0.301. The van der Waals surface area contributed by atoms with Crippen molar-refractivity contribution in [2.75, 3.05) is 13.2 Å². The van der Waals surface area contributed by atoms with E-state index in [1.165, 1.54) is 12.1 Å². The molecule has 4 nitrogen and oxygen atoms in total. The molecule has 0 aliphatic heterocycles. The standard InChI is InChI=1S/C8H9BrClNO3S/c9-6-1-2-8(7(10)5-6)15(13,14)11-3-4-12/h1-2,5,11-12H,3-4H2. The molecule has 1 aromatic carbocycles. The quantitative estimate of drug-likeness (QED) is 0.882. The van der Waals surface area contributed by atoms with Gasteiger partial charge in [0, 0.05) is 11.0 Å². The molecule has 7 heteroatoms. The van der Waals surface area contributed by atoms with Gasteiger partial charge in [-0.15, -0.1) is 0 Å². The minimum absolute atomic E-state index is 0.000756. The Labute approximate surface area is 101 Å². The Balaban J connectivity index is 3.05. The van der Waals surface area contributed by atoms with Crippen molar-refractivity contribution in [2.45, 2.75) is 4.90 Å². The van der Waals surface area contributed by atoms with Crippen LogP contribution in [0.25, 0.3) is 0 Å². The molecule has 0 unspecified atom stereocenters. The van der Waals surface area contributed by atoms with E-state index >= 15 is 0 Å². The predicted octanol–water partition coefficient (Wildman–Crippen LogP) is 1.37. The Hall–Kier alpha value is -0.140. The van der Waals surface area contributed by atoms with Gasteiger partial charge in [0.2, 0.25) is 10.0 Å². The SMILES string of the molecule is O=S(=O)(NCCO)c1ccc(Br)cc1Cl. The highest BCUT2D eigenvalue weighted by atomic mass is 79.9. The molecule has 0 fully saturated rings. The van der Waals surface area contributed by atoms with Crippen molar-refractivity contribution in [3.8, 4) is 0 Å². The van der Waals surface area contributed by atoms with Crippen molar-refractivity contribution in [1.82, 2.24) is 4.72 Å². The Kier molecular flexibility index (Phi) is 4.54. The zero-order valence-electron chi connectivity index (χ0n) is 7.57. The highest BCUT2D eigenvalue weighted by molar-refractivity contribution is 9.10. The summed E-state index contributed by atoms with van der Waals surface area (Å²) >= 11 is 8.96. The number of sulfonamides is 1. The minimum Gasteiger partial charge on any atom is -0.395 e. The molecule has 0 aromatic heterocycles. The van der Waals surface area contributed by atoms with E-state index in [0.717, 1.165) is 0 Å². The normalized spacial score (nSPS) is 11.7. The van der Waals surface area contributed by atoms with Gasteiger partial charge >= 0.3 is 0 Å². The molecule has 0 bridgehead atoms. The van der Waals surface area contributed by atoms with Gasteiger partial charge in [0.15, 0.2) is 0 Å². The highest BCUT2D eigenvalue weighted by Crippen LogP contribution is 2.24. The second-order valence-corrected chi connectivity index (χ2v) is 5.75. The predicted molar refractivity (Wildman–Crippen MR) is 61.4 cm³/mol. The largest absolute Gasteiger partial charge is 0.395 e. The minimum atomic E-state index is -3.63. The molecule has 0 aliphatic carbocycles. The van der Waals surface area contributed by atoms with Gasteiger partial charge in [-0.05, 0) is 18.2 Å². The third-order valence-electron chi connectivity index (χ3n) is 1.59. The van der Waals surface area contributed by atoms with Gasteiger partial charge in [0.1, 0.15) is 4.90 Å². The van der Waals surface area contributed by atoms with Crippen molar-refractivity contribution in [3.63, 3.8) is 0 Å². The van der Waals surface area contributed by atoms with Crippen LogP contribution in [0.15, 0.2) is 27.6 Å². The van der Waals surface area contributed by atoms with Crippen molar-refractivity contribution < 1.29 is 13.5 Å². The molecule has 0 spiro atoms. The van der Waals surface area contributed by atoms with E-state index in [-0.39, 0.29) is 23.1 Å². The summed E-state index contributed by atoms with van der Waals surface area (Å²) in [5, 5.41) is 8.66. The number of aliphatic hydroxyl groups excluding tert-OH is 1. The van der Waals surface area contributed by atoms with Gasteiger partial charge in [0.25, 0.3) is 0 Å². The van der Waals surface area contributed by atoms with E-state index < -0.39 is 10.0 Å². The number of halogens is 2. The smallest absolute Gasteiger partial charge is 0.242 e. The van der Waals surface area contributed by atoms with E-state index in [2.05, 4.69) is 20.7 Å².